The standard InChI is InChI=1S/La.Li.4Nb.12O/q+3;+1;;;;;;;;;;;;;4*-1. The van der Waals surface area contributed by atoms with Crippen LogP contribution in [0.15, 0.2) is 0 Å². The van der Waals surface area contributed by atoms with Gasteiger partial charge in [-0.2, -0.15) is 0 Å². The second-order valence-electron chi connectivity index (χ2n) is 0.894. The van der Waals surface area contributed by atoms with Gasteiger partial charge in [0.15, 0.2) is 0 Å². The van der Waals surface area contributed by atoms with E-state index in [1.54, 1.807) is 0 Å². The van der Waals surface area contributed by atoms with Crippen molar-refractivity contribution in [1.29, 1.82) is 0 Å². The fourth-order valence-electron chi connectivity index (χ4n) is 0. The van der Waals surface area contributed by atoms with Crippen molar-refractivity contribution in [3.63, 3.8) is 0 Å². The molecule has 0 aliphatic rings. The molecule has 0 rings (SSSR count). The van der Waals surface area contributed by atoms with Crippen LogP contribution in [0.2, 0.25) is 0 Å². The molecular formula is LaLiNb4O12. The van der Waals surface area contributed by atoms with E-state index in [4.69, 9.17) is 40.5 Å². The molecular weight excluding hydrogens is 709 g/mol. The Bertz CT molecular complexity index is 298. The molecule has 18 heavy (non-hydrogen) atoms. The fraction of sp³-hybridized carbons (Fsp3) is 0. The van der Waals surface area contributed by atoms with E-state index in [-0.39, 0.29) is 54.5 Å². The van der Waals surface area contributed by atoms with Gasteiger partial charge in [-0.25, -0.2) is 0 Å². The average Bonchev–Trinajstić information content (AvgIpc) is 1.76. The molecule has 0 spiro atoms. The van der Waals surface area contributed by atoms with Gasteiger partial charge in [0.2, 0.25) is 0 Å². The van der Waals surface area contributed by atoms with Crippen molar-refractivity contribution in [2.75, 3.05) is 0 Å². The van der Waals surface area contributed by atoms with E-state index in [9.17, 15) is 0 Å². The zero-order valence-corrected chi connectivity index (χ0v) is 20.7. The maximum absolute atomic E-state index is 8.60. The monoisotopic (exact) mass is 709 g/mol. The van der Waals surface area contributed by atoms with E-state index < -0.39 is 75.1 Å². The summed E-state index contributed by atoms with van der Waals surface area (Å²) < 4.78 is 103. The molecule has 0 bridgehead atoms. The summed E-state index contributed by atoms with van der Waals surface area (Å²) in [5, 5.41) is 0. The molecule has 0 saturated heterocycles. The zero-order chi connectivity index (χ0) is 14.3. The molecule has 0 fully saturated rings. The summed E-state index contributed by atoms with van der Waals surface area (Å²) in [5.74, 6) is 0. The van der Waals surface area contributed by atoms with E-state index in [0.717, 1.165) is 0 Å². The van der Waals surface area contributed by atoms with E-state index >= 15 is 0 Å². The van der Waals surface area contributed by atoms with Crippen LogP contribution in [0.5, 0.6) is 0 Å². The second kappa shape index (κ2) is 32.1. The van der Waals surface area contributed by atoms with Crippen LogP contribution in [0.1, 0.15) is 0 Å². The molecule has 96 valence electrons. The van der Waals surface area contributed by atoms with Gasteiger partial charge in [-0.05, 0) is 0 Å². The zero-order valence-electron chi connectivity index (χ0n) is 8.27. The van der Waals surface area contributed by atoms with Crippen LogP contribution in [0, 0.1) is 35.6 Å². The SMILES string of the molecule is [La+3].[Li+].[O]=[Nb](=[O])[O-].[O]=[Nb](=[O])[O-].[O]=[Nb](=[O])[O-].[O]=[Nb](=[O])[O-]. The Labute approximate surface area is 166 Å². The molecule has 0 aliphatic carbocycles. The summed E-state index contributed by atoms with van der Waals surface area (Å²) in [5.41, 5.74) is 0. The van der Waals surface area contributed by atoms with E-state index in [1.807, 2.05) is 0 Å². The summed E-state index contributed by atoms with van der Waals surface area (Å²) in [6.45, 7) is 0. The molecule has 0 unspecified atom stereocenters. The summed E-state index contributed by atoms with van der Waals surface area (Å²) in [6, 6.07) is 0. The summed E-state index contributed by atoms with van der Waals surface area (Å²) in [4.78, 5) is 0. The molecule has 0 aromatic carbocycles. The van der Waals surface area contributed by atoms with Crippen LogP contribution in [0.4, 0.5) is 0 Å². The van der Waals surface area contributed by atoms with Gasteiger partial charge in [-0.1, -0.05) is 0 Å². The van der Waals surface area contributed by atoms with Crippen LogP contribution < -0.4 is 33.3 Å². The van der Waals surface area contributed by atoms with Crippen molar-refractivity contribution in [2.45, 2.75) is 0 Å². The first-order valence-corrected chi connectivity index (χ1v) is 13.0. The van der Waals surface area contributed by atoms with Crippen LogP contribution >= 0.6 is 0 Å². The van der Waals surface area contributed by atoms with Crippen molar-refractivity contribution in [3.8, 4) is 0 Å². The molecule has 0 radical (unpaired) electrons. The minimum atomic E-state index is -4.20. The summed E-state index contributed by atoms with van der Waals surface area (Å²) in [7, 11) is 0. The topological polar surface area (TPSA) is 229 Å². The van der Waals surface area contributed by atoms with Crippen molar-refractivity contribution in [2.24, 2.45) is 0 Å². The molecule has 0 aliphatic heterocycles. The Morgan fingerprint density at radius 1 is 0.444 bits per heavy atom. The molecule has 0 atom stereocenters. The molecule has 0 saturated carbocycles. The number of rotatable bonds is 0. The van der Waals surface area contributed by atoms with Gasteiger partial charge in [-0.3, -0.25) is 0 Å². The van der Waals surface area contributed by atoms with Crippen molar-refractivity contribution < 1.29 is 170 Å². The van der Waals surface area contributed by atoms with E-state index in [2.05, 4.69) is 0 Å². The number of hydrogen-bond donors (Lipinski definition) is 0. The number of hydrogen-bond acceptors (Lipinski definition) is 12. The van der Waals surface area contributed by atoms with Crippen LogP contribution in [0.25, 0.3) is 0 Å². The van der Waals surface area contributed by atoms with Crippen molar-refractivity contribution in [1.82, 2.24) is 0 Å². The second-order valence-corrected chi connectivity index (χ2v) is 5.29. The molecule has 0 N–H and O–H groups in total. The van der Waals surface area contributed by atoms with Gasteiger partial charge in [-0.15, -0.1) is 0 Å². The first-order valence-electron chi connectivity index (χ1n) is 2.19. The van der Waals surface area contributed by atoms with E-state index in [0.29, 0.717) is 0 Å². The average molecular weight is 709 g/mol. The van der Waals surface area contributed by atoms with Crippen LogP contribution in [-0.4, -0.2) is 0 Å². The Kier molecular flexibility index (Phi) is 66.5. The molecule has 0 amide bonds. The third-order valence-corrected chi connectivity index (χ3v) is 0. The molecule has 0 aromatic rings. The first-order chi connectivity index (χ1) is 6.93. The quantitative estimate of drug-likeness (QED) is 0.214. The molecule has 0 heterocycles. The van der Waals surface area contributed by atoms with E-state index in [1.165, 1.54) is 0 Å². The van der Waals surface area contributed by atoms with Crippen molar-refractivity contribution in [3.05, 3.63) is 0 Å². The normalized spacial score (nSPS) is 5.56. The molecule has 18 heteroatoms. The Morgan fingerprint density at radius 3 is 0.444 bits per heavy atom. The summed E-state index contributed by atoms with van der Waals surface area (Å²) in [6.07, 6.45) is 0. The third kappa shape index (κ3) is 686. The van der Waals surface area contributed by atoms with Crippen LogP contribution in [0.3, 0.4) is 0 Å². The first kappa shape index (κ1) is 37.3. The predicted molar refractivity (Wildman–Crippen MR) is 5.49 cm³/mol. The van der Waals surface area contributed by atoms with Crippen molar-refractivity contribution >= 4 is 0 Å². The van der Waals surface area contributed by atoms with Crippen LogP contribution in [-0.2, 0) is 101 Å². The molecule has 12 nitrogen and oxygen atoms in total. The third-order valence-electron chi connectivity index (χ3n) is 0. The molecule has 0 aromatic heterocycles. The van der Waals surface area contributed by atoms with Gasteiger partial charge in [0.05, 0.1) is 0 Å². The van der Waals surface area contributed by atoms with Gasteiger partial charge in [0.25, 0.3) is 0 Å². The van der Waals surface area contributed by atoms with Gasteiger partial charge in [0.1, 0.15) is 0 Å². The Balaban J connectivity index is -0.0000000257. The minimum absolute atomic E-state index is 0. The van der Waals surface area contributed by atoms with Gasteiger partial charge >= 0.3 is 170 Å². The fourth-order valence-corrected chi connectivity index (χ4v) is 0. The maximum atomic E-state index is 8.60. The summed E-state index contributed by atoms with van der Waals surface area (Å²) >= 11 is -16.8. The Hall–Kier alpha value is 2.99. The predicted octanol–water partition coefficient (Wildman–Crippen LogP) is -8.71. The van der Waals surface area contributed by atoms with Gasteiger partial charge in [0, 0.05) is 0 Å². The Morgan fingerprint density at radius 2 is 0.444 bits per heavy atom. The van der Waals surface area contributed by atoms with Gasteiger partial charge < -0.3 is 0 Å².